The van der Waals surface area contributed by atoms with Gasteiger partial charge in [0.15, 0.2) is 0 Å². The van der Waals surface area contributed by atoms with Crippen molar-refractivity contribution < 1.29 is 4.79 Å². The van der Waals surface area contributed by atoms with E-state index in [1.54, 1.807) is 6.92 Å². The van der Waals surface area contributed by atoms with Crippen molar-refractivity contribution in [2.75, 3.05) is 0 Å². The third kappa shape index (κ3) is 2.55. The van der Waals surface area contributed by atoms with Gasteiger partial charge in [-0.3, -0.25) is 4.79 Å². The summed E-state index contributed by atoms with van der Waals surface area (Å²) < 4.78 is 0. The van der Waals surface area contributed by atoms with Crippen molar-refractivity contribution in [3.63, 3.8) is 0 Å². The van der Waals surface area contributed by atoms with E-state index < -0.39 is 0 Å². The van der Waals surface area contributed by atoms with Crippen LogP contribution in [-0.4, -0.2) is 5.78 Å². The number of ketones is 1. The fourth-order valence-electron chi connectivity index (χ4n) is 2.44. The van der Waals surface area contributed by atoms with Gasteiger partial charge in [0, 0.05) is 5.92 Å². The van der Waals surface area contributed by atoms with Crippen LogP contribution in [0.25, 0.3) is 0 Å². The molecule has 1 rings (SSSR count). The topological polar surface area (TPSA) is 17.1 Å². The molecule has 0 aromatic rings. The number of hydrogen-bond acceptors (Lipinski definition) is 1. The Kier molecular flexibility index (Phi) is 3.52. The fraction of sp³-hybridized carbons (Fsp3) is 0.917. The molecular formula is C12H22O. The molecule has 4 atom stereocenters. The van der Waals surface area contributed by atoms with E-state index in [0.29, 0.717) is 17.6 Å². The molecule has 0 amide bonds. The van der Waals surface area contributed by atoms with Crippen LogP contribution in [0.1, 0.15) is 47.0 Å². The fourth-order valence-corrected chi connectivity index (χ4v) is 2.44. The lowest BCUT2D eigenvalue weighted by atomic mass is 9.83. The van der Waals surface area contributed by atoms with E-state index in [4.69, 9.17) is 0 Å². The minimum atomic E-state index is 0.349. The summed E-state index contributed by atoms with van der Waals surface area (Å²) in [4.78, 5) is 11.3. The van der Waals surface area contributed by atoms with E-state index in [1.165, 1.54) is 6.42 Å². The quantitative estimate of drug-likeness (QED) is 0.569. The molecule has 0 saturated heterocycles. The van der Waals surface area contributed by atoms with E-state index in [2.05, 4.69) is 20.8 Å². The highest BCUT2D eigenvalue weighted by molar-refractivity contribution is 5.78. The van der Waals surface area contributed by atoms with Crippen LogP contribution >= 0.6 is 0 Å². The summed E-state index contributed by atoms with van der Waals surface area (Å²) in [6.45, 7) is 8.70. The van der Waals surface area contributed by atoms with Gasteiger partial charge >= 0.3 is 0 Å². The average molecular weight is 182 g/mol. The van der Waals surface area contributed by atoms with Crippen LogP contribution in [0.3, 0.4) is 0 Å². The maximum atomic E-state index is 11.3. The maximum Gasteiger partial charge on any atom is 0.132 e. The van der Waals surface area contributed by atoms with E-state index in [9.17, 15) is 4.79 Å². The standard InChI is InChI=1S/C12H22O/c1-8-5-6-12(11(4)13)7-9(2)10(8)3/h8-10,12H,5-7H2,1-4H3. The van der Waals surface area contributed by atoms with Gasteiger partial charge < -0.3 is 0 Å². The smallest absolute Gasteiger partial charge is 0.132 e. The zero-order valence-electron chi connectivity index (χ0n) is 9.34. The Morgan fingerprint density at radius 1 is 1.08 bits per heavy atom. The number of carbonyl (C=O) groups is 1. The highest BCUT2D eigenvalue weighted by Gasteiger charge is 2.28. The van der Waals surface area contributed by atoms with Gasteiger partial charge in [0.05, 0.1) is 0 Å². The van der Waals surface area contributed by atoms with Gasteiger partial charge in [-0.25, -0.2) is 0 Å². The van der Waals surface area contributed by atoms with E-state index >= 15 is 0 Å². The summed E-state index contributed by atoms with van der Waals surface area (Å²) in [5.74, 6) is 3.03. The molecule has 1 aliphatic carbocycles. The largest absolute Gasteiger partial charge is 0.300 e. The van der Waals surface area contributed by atoms with Crippen LogP contribution in [0.15, 0.2) is 0 Å². The molecule has 0 bridgehead atoms. The molecule has 0 radical (unpaired) electrons. The van der Waals surface area contributed by atoms with Crippen molar-refractivity contribution in [3.8, 4) is 0 Å². The lowest BCUT2D eigenvalue weighted by Gasteiger charge is -2.22. The van der Waals surface area contributed by atoms with Gasteiger partial charge in [0.1, 0.15) is 5.78 Å². The molecule has 4 unspecified atom stereocenters. The summed E-state index contributed by atoms with van der Waals surface area (Å²) in [5, 5.41) is 0. The van der Waals surface area contributed by atoms with Gasteiger partial charge in [-0.2, -0.15) is 0 Å². The zero-order valence-corrected chi connectivity index (χ0v) is 9.34. The maximum absolute atomic E-state index is 11.3. The number of Topliss-reactive ketones (excluding diaryl/α,β-unsaturated/α-hetero) is 1. The molecule has 1 heteroatoms. The van der Waals surface area contributed by atoms with Crippen molar-refractivity contribution in [2.24, 2.45) is 23.7 Å². The lowest BCUT2D eigenvalue weighted by molar-refractivity contribution is -0.121. The predicted octanol–water partition coefficient (Wildman–Crippen LogP) is 3.28. The van der Waals surface area contributed by atoms with Crippen molar-refractivity contribution in [1.29, 1.82) is 0 Å². The third-order valence-corrected chi connectivity index (χ3v) is 4.00. The molecule has 1 saturated carbocycles. The van der Waals surface area contributed by atoms with Crippen LogP contribution in [0, 0.1) is 23.7 Å². The normalized spacial score (nSPS) is 41.2. The van der Waals surface area contributed by atoms with Crippen LogP contribution in [-0.2, 0) is 4.79 Å². The van der Waals surface area contributed by atoms with Gasteiger partial charge in [0.25, 0.3) is 0 Å². The predicted molar refractivity (Wildman–Crippen MR) is 55.5 cm³/mol. The summed E-state index contributed by atoms with van der Waals surface area (Å²) in [6.07, 6.45) is 3.46. The molecule has 1 aliphatic rings. The Morgan fingerprint density at radius 2 is 1.69 bits per heavy atom. The first-order chi connectivity index (χ1) is 6.02. The molecule has 13 heavy (non-hydrogen) atoms. The lowest BCUT2D eigenvalue weighted by Crippen LogP contribution is -2.16. The Balaban J connectivity index is 2.64. The van der Waals surface area contributed by atoms with Crippen molar-refractivity contribution >= 4 is 5.78 Å². The highest BCUT2D eigenvalue weighted by Crippen LogP contribution is 2.35. The average Bonchev–Trinajstić information content (AvgIpc) is 2.19. The zero-order chi connectivity index (χ0) is 10.0. The minimum absolute atomic E-state index is 0.349. The van der Waals surface area contributed by atoms with Crippen LogP contribution in [0.4, 0.5) is 0 Å². The Morgan fingerprint density at radius 3 is 2.23 bits per heavy atom. The van der Waals surface area contributed by atoms with Gasteiger partial charge in [-0.15, -0.1) is 0 Å². The third-order valence-electron chi connectivity index (χ3n) is 4.00. The van der Waals surface area contributed by atoms with Crippen LogP contribution in [0.2, 0.25) is 0 Å². The van der Waals surface area contributed by atoms with Crippen molar-refractivity contribution in [1.82, 2.24) is 0 Å². The van der Waals surface area contributed by atoms with Gasteiger partial charge in [-0.05, 0) is 43.9 Å². The van der Waals surface area contributed by atoms with Gasteiger partial charge in [0.2, 0.25) is 0 Å². The molecule has 0 N–H and O–H groups in total. The second-order valence-corrected chi connectivity index (χ2v) is 4.93. The SMILES string of the molecule is CC(=O)C1CCC(C)C(C)C(C)C1. The summed E-state index contributed by atoms with van der Waals surface area (Å²) in [5.41, 5.74) is 0. The first-order valence-electron chi connectivity index (χ1n) is 5.52. The van der Waals surface area contributed by atoms with Crippen molar-refractivity contribution in [2.45, 2.75) is 47.0 Å². The molecular weight excluding hydrogens is 160 g/mol. The highest BCUT2D eigenvalue weighted by atomic mass is 16.1. The molecule has 76 valence electrons. The molecule has 0 heterocycles. The first-order valence-corrected chi connectivity index (χ1v) is 5.52. The second kappa shape index (κ2) is 4.26. The van der Waals surface area contributed by atoms with E-state index in [0.717, 1.165) is 24.7 Å². The molecule has 0 aliphatic heterocycles. The Hall–Kier alpha value is -0.330. The van der Waals surface area contributed by atoms with Crippen molar-refractivity contribution in [3.05, 3.63) is 0 Å². The summed E-state index contributed by atoms with van der Waals surface area (Å²) in [6, 6.07) is 0. The van der Waals surface area contributed by atoms with Crippen LogP contribution < -0.4 is 0 Å². The molecule has 1 nitrogen and oxygen atoms in total. The van der Waals surface area contributed by atoms with E-state index in [1.807, 2.05) is 0 Å². The number of carbonyl (C=O) groups excluding carboxylic acids is 1. The summed E-state index contributed by atoms with van der Waals surface area (Å²) >= 11 is 0. The molecule has 0 aromatic carbocycles. The Bertz CT molecular complexity index is 186. The molecule has 0 aromatic heterocycles. The summed E-state index contributed by atoms with van der Waals surface area (Å²) in [7, 11) is 0. The van der Waals surface area contributed by atoms with E-state index in [-0.39, 0.29) is 0 Å². The monoisotopic (exact) mass is 182 g/mol. The minimum Gasteiger partial charge on any atom is -0.300 e. The van der Waals surface area contributed by atoms with Crippen LogP contribution in [0.5, 0.6) is 0 Å². The number of rotatable bonds is 1. The molecule has 1 fully saturated rings. The first kappa shape index (κ1) is 10.7. The Labute approximate surface area is 81.9 Å². The van der Waals surface area contributed by atoms with Gasteiger partial charge in [-0.1, -0.05) is 20.8 Å². The molecule has 0 spiro atoms. The number of hydrogen-bond donors (Lipinski definition) is 0. The second-order valence-electron chi connectivity index (χ2n) is 4.93.